The van der Waals surface area contributed by atoms with E-state index in [2.05, 4.69) is 22.5 Å². The minimum absolute atomic E-state index is 0.00241. The molecule has 3 saturated heterocycles. The molecule has 4 aromatic rings. The molecule has 2 N–H and O–H groups in total. The van der Waals surface area contributed by atoms with Crippen molar-refractivity contribution >= 4 is 52.6 Å². The number of esters is 1. The minimum Gasteiger partial charge on any atom is -0.465 e. The number of nitrogens with one attached hydrogen (secondary N) is 2. The Morgan fingerprint density at radius 2 is 1.65 bits per heavy atom. The van der Waals surface area contributed by atoms with Crippen LogP contribution in [0, 0.1) is 5.92 Å². The third-order valence-corrected chi connectivity index (χ3v) is 18.4. The number of para-hydroxylation sites is 1. The average Bonchev–Trinajstić information content (AvgIpc) is 3.59. The molecule has 1 spiro atoms. The number of hydrogen-bond donors (Lipinski definition) is 2. The third kappa shape index (κ3) is 10.2. The van der Waals surface area contributed by atoms with Crippen molar-refractivity contribution in [2.75, 3.05) is 20.2 Å². The maximum Gasteiger partial charge on any atom is 0.391 e. The van der Waals surface area contributed by atoms with Crippen molar-refractivity contribution in [2.24, 2.45) is 5.92 Å². The van der Waals surface area contributed by atoms with Gasteiger partial charge in [0, 0.05) is 40.8 Å². The zero-order chi connectivity index (χ0) is 48.8. The van der Waals surface area contributed by atoms with Crippen molar-refractivity contribution in [3.63, 3.8) is 0 Å². The molecule has 5 fully saturated rings. The summed E-state index contributed by atoms with van der Waals surface area (Å²) in [4.78, 5) is 62.7. The molecular formula is C51H60F4N5O7PS. The number of halogens is 4. The van der Waals surface area contributed by atoms with E-state index in [0.29, 0.717) is 48.7 Å². The first-order valence-electron chi connectivity index (χ1n) is 24.2. The second kappa shape index (κ2) is 19.8. The summed E-state index contributed by atoms with van der Waals surface area (Å²) in [6, 6.07) is 20.5. The summed E-state index contributed by atoms with van der Waals surface area (Å²) in [5, 5.41) is 6.04. The van der Waals surface area contributed by atoms with E-state index in [0.717, 1.165) is 30.6 Å². The number of rotatable bonds is 15. The second-order valence-corrected chi connectivity index (χ2v) is 22.9. The predicted octanol–water partition coefficient (Wildman–Crippen LogP) is 9.90. The van der Waals surface area contributed by atoms with Crippen molar-refractivity contribution in [2.45, 2.75) is 144 Å². The molecule has 9 rings (SSSR count). The SMILES string of the molecule is CCCOC(=O)[C@H](C)N[P@@](=O)(Oc1ccccc1)[C@H](F)c1ccc2sc(C(=O)N[C@H]3CC[C@H](N(C)C4CC(C(F)(F)F)C4)C[C@H]4CC[C@@H](C(=O)N5C[C@H](c6ccccc6)CC56CC6)N4C3=O)cc2c1. The molecule has 3 aromatic carbocycles. The molecule has 0 bridgehead atoms. The Morgan fingerprint density at radius 3 is 2.33 bits per heavy atom. The number of carbonyl (C=O) groups excluding carboxylic acids is 4. The molecule has 0 radical (unpaired) electrons. The lowest BCUT2D eigenvalue weighted by atomic mass is 9.77. The molecule has 3 aliphatic heterocycles. The molecule has 1 aromatic heterocycles. The molecule has 2 saturated carbocycles. The van der Waals surface area contributed by atoms with Crippen LogP contribution in [0.15, 0.2) is 84.9 Å². The normalized spacial score (nSPS) is 27.2. The highest BCUT2D eigenvalue weighted by Gasteiger charge is 2.59. The van der Waals surface area contributed by atoms with Gasteiger partial charge < -0.3 is 29.3 Å². The Hall–Kier alpha value is -4.83. The summed E-state index contributed by atoms with van der Waals surface area (Å²) in [5.41, 5.74) is 0.905. The van der Waals surface area contributed by atoms with Gasteiger partial charge in [0.2, 0.25) is 17.7 Å². The number of fused-ring (bicyclic) bond motifs is 2. The summed E-state index contributed by atoms with van der Waals surface area (Å²) < 4.78 is 83.6. The summed E-state index contributed by atoms with van der Waals surface area (Å²) >= 11 is 1.13. The average molecular weight is 994 g/mol. The zero-order valence-corrected chi connectivity index (χ0v) is 40.7. The summed E-state index contributed by atoms with van der Waals surface area (Å²) in [7, 11) is -2.67. The third-order valence-electron chi connectivity index (χ3n) is 15.2. The van der Waals surface area contributed by atoms with Crippen molar-refractivity contribution in [3.05, 3.63) is 101 Å². The number of alkyl halides is 4. The van der Waals surface area contributed by atoms with E-state index >= 15 is 4.39 Å². The number of benzene rings is 3. The molecule has 69 heavy (non-hydrogen) atoms. The van der Waals surface area contributed by atoms with E-state index < -0.39 is 55.5 Å². The maximum atomic E-state index is 16.7. The van der Waals surface area contributed by atoms with Crippen LogP contribution in [-0.2, 0) is 23.7 Å². The highest BCUT2D eigenvalue weighted by Crippen LogP contribution is 2.58. The topological polar surface area (TPSA) is 138 Å². The first kappa shape index (κ1) is 49.2. The van der Waals surface area contributed by atoms with Crippen LogP contribution in [0.2, 0.25) is 0 Å². The number of likely N-dealkylation sites (tertiary alicyclic amines) is 1. The molecular weight excluding hydrogens is 934 g/mol. The van der Waals surface area contributed by atoms with Crippen LogP contribution in [0.1, 0.15) is 117 Å². The Kier molecular flexibility index (Phi) is 14.1. The van der Waals surface area contributed by atoms with Crippen LogP contribution in [-0.4, -0.2) is 107 Å². The van der Waals surface area contributed by atoms with Crippen LogP contribution in [0.5, 0.6) is 5.75 Å². The van der Waals surface area contributed by atoms with Crippen molar-refractivity contribution in [3.8, 4) is 5.75 Å². The highest BCUT2D eigenvalue weighted by atomic mass is 32.1. The Labute approximate surface area is 403 Å². The lowest BCUT2D eigenvalue weighted by Gasteiger charge is -2.47. The van der Waals surface area contributed by atoms with Gasteiger partial charge in [-0.05, 0) is 131 Å². The van der Waals surface area contributed by atoms with Crippen LogP contribution in [0.3, 0.4) is 0 Å². The molecule has 3 amide bonds. The summed E-state index contributed by atoms with van der Waals surface area (Å²) in [6.07, 6.45) is 1.11. The minimum atomic E-state index is -4.52. The van der Waals surface area contributed by atoms with Crippen LogP contribution < -0.4 is 14.9 Å². The van der Waals surface area contributed by atoms with Gasteiger partial charge in [-0.2, -0.15) is 13.2 Å². The number of hydrogen-bond acceptors (Lipinski definition) is 9. The molecule has 8 atom stereocenters. The molecule has 2 aliphatic carbocycles. The lowest BCUT2D eigenvalue weighted by molar-refractivity contribution is -0.207. The molecule has 370 valence electrons. The second-order valence-electron chi connectivity index (χ2n) is 19.8. The van der Waals surface area contributed by atoms with Crippen LogP contribution in [0.4, 0.5) is 17.6 Å². The van der Waals surface area contributed by atoms with Gasteiger partial charge >= 0.3 is 19.7 Å². The lowest BCUT2D eigenvalue weighted by Crippen LogP contribution is -2.60. The van der Waals surface area contributed by atoms with E-state index in [9.17, 15) is 36.9 Å². The standard InChI is InChI=1S/C51H60F4N5O7PS/c1-4-23-66-49(64)31(2)57-68(65,67-40-13-9-6-10-14-40)45(52)33-15-20-43-34(24-33)25-44(69-43)46(61)56-41-18-16-37(58(3)39-26-36(27-39)51(53,54)55)28-38-17-19-42(60(38)47(41)62)48(63)59-30-35(29-50(59)21-22-50)32-11-7-5-8-12-32/h5-15,20,24-25,31,35-39,41-42,45H,4,16-19,21-23,26-30H2,1-3H3,(H,56,61)(H,57,65)/t31-,35+,36?,37-,38+,39?,41-,42-,45-,68-/m0/s1. The number of nitrogens with zero attached hydrogens (tertiary/aromatic N) is 3. The first-order chi connectivity index (χ1) is 33.0. The fraction of sp³-hybridized carbons (Fsp3) is 0.529. The van der Waals surface area contributed by atoms with Crippen molar-refractivity contribution in [1.29, 1.82) is 0 Å². The molecule has 18 heteroatoms. The number of ether oxygens (including phenoxy) is 1. The fourth-order valence-electron chi connectivity index (χ4n) is 11.1. The van der Waals surface area contributed by atoms with Gasteiger partial charge in [0.25, 0.3) is 5.91 Å². The van der Waals surface area contributed by atoms with Crippen LogP contribution >= 0.6 is 18.9 Å². The Balaban J connectivity index is 0.956. The number of carbonyl (C=O) groups is 4. The first-order valence-corrected chi connectivity index (χ1v) is 26.7. The van der Waals surface area contributed by atoms with Gasteiger partial charge in [-0.1, -0.05) is 61.5 Å². The Morgan fingerprint density at radius 1 is 0.942 bits per heavy atom. The van der Waals surface area contributed by atoms with Gasteiger partial charge in [-0.25, -0.2) is 9.48 Å². The molecule has 12 nitrogen and oxygen atoms in total. The maximum absolute atomic E-state index is 16.7. The van der Waals surface area contributed by atoms with E-state index in [4.69, 9.17) is 9.26 Å². The zero-order valence-electron chi connectivity index (χ0n) is 39.0. The van der Waals surface area contributed by atoms with Crippen LogP contribution in [0.25, 0.3) is 10.1 Å². The largest absolute Gasteiger partial charge is 0.465 e. The quantitative estimate of drug-likeness (QED) is 0.0678. The number of amides is 3. The number of thiophene rings is 1. The highest BCUT2D eigenvalue weighted by molar-refractivity contribution is 7.57. The monoisotopic (exact) mass is 993 g/mol. The van der Waals surface area contributed by atoms with E-state index in [1.165, 1.54) is 36.8 Å². The van der Waals surface area contributed by atoms with Crippen molar-refractivity contribution in [1.82, 2.24) is 25.1 Å². The van der Waals surface area contributed by atoms with Gasteiger partial charge in [-0.3, -0.25) is 23.7 Å². The van der Waals surface area contributed by atoms with Gasteiger partial charge in [0.15, 0.2) is 0 Å². The van der Waals surface area contributed by atoms with E-state index in [1.807, 2.05) is 42.0 Å². The summed E-state index contributed by atoms with van der Waals surface area (Å²) in [6.45, 7) is 3.93. The van der Waals surface area contributed by atoms with Gasteiger partial charge in [0.1, 0.15) is 23.9 Å². The van der Waals surface area contributed by atoms with Gasteiger partial charge in [-0.15, -0.1) is 11.3 Å². The van der Waals surface area contributed by atoms with Crippen molar-refractivity contribution < 1.29 is 50.6 Å². The van der Waals surface area contributed by atoms with E-state index in [-0.39, 0.29) is 83.5 Å². The fourth-order valence-corrected chi connectivity index (χ4v) is 13.9. The van der Waals surface area contributed by atoms with E-state index in [1.54, 1.807) is 35.2 Å². The molecule has 4 heterocycles. The smallest absolute Gasteiger partial charge is 0.391 e. The molecule has 5 aliphatic rings. The molecule has 0 unspecified atom stereocenters. The predicted molar refractivity (Wildman–Crippen MR) is 255 cm³/mol. The Bertz CT molecular complexity index is 2580. The summed E-state index contributed by atoms with van der Waals surface area (Å²) in [5.74, 6) is -5.01. The van der Waals surface area contributed by atoms with Gasteiger partial charge in [0.05, 0.1) is 17.4 Å².